The smallest absolute Gasteiger partial charge is 0.269 e. The molecule has 0 atom stereocenters. The SMILES string of the molecule is O=C(Nc1ccc(NC(=O)c2ccc(C(=O)Nc3ccc(NC(=O)c4ccc([N+](=O)[O-])cc4)cc3Cl)cc2)c(Cl)c1)c1ccc([N+](=O)[O-])cc1. The van der Waals surface area contributed by atoms with E-state index in [9.17, 15) is 39.4 Å². The number of non-ortho nitro benzene ring substituents is 2. The summed E-state index contributed by atoms with van der Waals surface area (Å²) in [7, 11) is 0. The van der Waals surface area contributed by atoms with E-state index >= 15 is 0 Å². The first kappa shape index (κ1) is 34.7. The van der Waals surface area contributed by atoms with Crippen molar-refractivity contribution in [1.29, 1.82) is 0 Å². The summed E-state index contributed by atoms with van der Waals surface area (Å²) in [5, 5.41) is 32.5. The topological polar surface area (TPSA) is 203 Å². The first-order valence-electron chi connectivity index (χ1n) is 14.3. The monoisotopic (exact) mass is 712 g/mol. The van der Waals surface area contributed by atoms with E-state index in [1.807, 2.05) is 0 Å². The summed E-state index contributed by atoms with van der Waals surface area (Å²) in [6.07, 6.45) is 0. The highest BCUT2D eigenvalue weighted by molar-refractivity contribution is 6.35. The van der Waals surface area contributed by atoms with Gasteiger partial charge < -0.3 is 21.3 Å². The molecular weight excluding hydrogens is 691 g/mol. The summed E-state index contributed by atoms with van der Waals surface area (Å²) in [5.41, 5.74) is 1.72. The normalized spacial score (nSPS) is 10.4. The Kier molecular flexibility index (Phi) is 10.4. The molecule has 4 N–H and O–H groups in total. The van der Waals surface area contributed by atoms with Gasteiger partial charge in [-0.1, -0.05) is 23.2 Å². The van der Waals surface area contributed by atoms with Crippen molar-refractivity contribution in [2.45, 2.75) is 0 Å². The molecule has 0 saturated heterocycles. The number of hydrogen-bond acceptors (Lipinski definition) is 8. The summed E-state index contributed by atoms with van der Waals surface area (Å²) in [4.78, 5) is 71.3. The number of nitro groups is 2. The molecule has 5 aromatic rings. The van der Waals surface area contributed by atoms with Crippen LogP contribution in [0.15, 0.2) is 109 Å². The minimum absolute atomic E-state index is 0.129. The number of nitrogens with one attached hydrogen (secondary N) is 4. The van der Waals surface area contributed by atoms with E-state index in [0.29, 0.717) is 11.4 Å². The zero-order valence-corrected chi connectivity index (χ0v) is 26.8. The van der Waals surface area contributed by atoms with Crippen LogP contribution in [0, 0.1) is 20.2 Å². The lowest BCUT2D eigenvalue weighted by Crippen LogP contribution is -2.15. The van der Waals surface area contributed by atoms with E-state index in [-0.39, 0.29) is 55.0 Å². The third-order valence-electron chi connectivity index (χ3n) is 7.04. The van der Waals surface area contributed by atoms with E-state index in [1.165, 1.54) is 109 Å². The van der Waals surface area contributed by atoms with Crippen LogP contribution in [-0.2, 0) is 0 Å². The van der Waals surface area contributed by atoms with Crippen LogP contribution in [0.4, 0.5) is 34.1 Å². The van der Waals surface area contributed by atoms with Crippen LogP contribution in [0.5, 0.6) is 0 Å². The molecule has 0 aliphatic heterocycles. The van der Waals surface area contributed by atoms with Crippen molar-refractivity contribution >= 4 is 81.0 Å². The Morgan fingerprint density at radius 3 is 1.00 bits per heavy atom. The number of nitrogens with zero attached hydrogens (tertiary/aromatic N) is 2. The van der Waals surface area contributed by atoms with Gasteiger partial charge in [0, 0.05) is 57.9 Å². The summed E-state index contributed by atoms with van der Waals surface area (Å²) in [6, 6.07) is 24.8. The first-order valence-corrected chi connectivity index (χ1v) is 15.1. The number of amides is 4. The van der Waals surface area contributed by atoms with Gasteiger partial charge in [0.1, 0.15) is 0 Å². The highest BCUT2D eigenvalue weighted by Gasteiger charge is 2.15. The molecule has 0 saturated carbocycles. The first-order chi connectivity index (χ1) is 23.9. The van der Waals surface area contributed by atoms with Crippen molar-refractivity contribution in [3.63, 3.8) is 0 Å². The zero-order valence-electron chi connectivity index (χ0n) is 25.3. The molecule has 0 spiro atoms. The fourth-order valence-corrected chi connectivity index (χ4v) is 4.88. The predicted molar refractivity (Wildman–Crippen MR) is 187 cm³/mol. The highest BCUT2D eigenvalue weighted by atomic mass is 35.5. The Balaban J connectivity index is 1.15. The third-order valence-corrected chi connectivity index (χ3v) is 7.67. The Morgan fingerprint density at radius 2 is 0.720 bits per heavy atom. The molecule has 0 bridgehead atoms. The van der Waals surface area contributed by atoms with Gasteiger partial charge >= 0.3 is 0 Å². The lowest BCUT2D eigenvalue weighted by Gasteiger charge is -2.12. The molecule has 0 radical (unpaired) electrons. The number of benzene rings is 5. The zero-order chi connectivity index (χ0) is 35.9. The molecule has 4 amide bonds. The molecule has 14 nitrogen and oxygen atoms in total. The molecule has 250 valence electrons. The van der Waals surface area contributed by atoms with E-state index in [0.717, 1.165) is 0 Å². The van der Waals surface area contributed by atoms with E-state index in [2.05, 4.69) is 21.3 Å². The van der Waals surface area contributed by atoms with Gasteiger partial charge in [-0.05, 0) is 84.9 Å². The average Bonchev–Trinajstić information content (AvgIpc) is 3.10. The number of carbonyl (C=O) groups excluding carboxylic acids is 4. The van der Waals surface area contributed by atoms with Crippen LogP contribution in [0.3, 0.4) is 0 Å². The van der Waals surface area contributed by atoms with Gasteiger partial charge in [0.05, 0.1) is 31.3 Å². The van der Waals surface area contributed by atoms with Crippen LogP contribution in [-0.4, -0.2) is 33.5 Å². The molecule has 16 heteroatoms. The summed E-state index contributed by atoms with van der Waals surface area (Å²) >= 11 is 12.7. The van der Waals surface area contributed by atoms with Crippen molar-refractivity contribution in [2.75, 3.05) is 21.3 Å². The van der Waals surface area contributed by atoms with Gasteiger partial charge in [-0.3, -0.25) is 39.4 Å². The van der Waals surface area contributed by atoms with E-state index in [4.69, 9.17) is 23.2 Å². The van der Waals surface area contributed by atoms with Gasteiger partial charge in [-0.25, -0.2) is 0 Å². The predicted octanol–water partition coefficient (Wildman–Crippen LogP) is 7.82. The molecular formula is C34H22Cl2N6O8. The van der Waals surface area contributed by atoms with Crippen molar-refractivity contribution in [2.24, 2.45) is 0 Å². The molecule has 5 rings (SSSR count). The van der Waals surface area contributed by atoms with E-state index < -0.39 is 33.5 Å². The van der Waals surface area contributed by atoms with Gasteiger partial charge in [-0.2, -0.15) is 0 Å². The van der Waals surface area contributed by atoms with Gasteiger partial charge in [0.15, 0.2) is 0 Å². The van der Waals surface area contributed by atoms with Crippen LogP contribution in [0.25, 0.3) is 0 Å². The van der Waals surface area contributed by atoms with Crippen molar-refractivity contribution in [3.8, 4) is 0 Å². The molecule has 5 aromatic carbocycles. The molecule has 50 heavy (non-hydrogen) atoms. The second-order valence-corrected chi connectivity index (χ2v) is 11.2. The fourth-order valence-electron chi connectivity index (χ4n) is 4.43. The molecule has 0 aliphatic carbocycles. The Morgan fingerprint density at radius 1 is 0.440 bits per heavy atom. The highest BCUT2D eigenvalue weighted by Crippen LogP contribution is 2.28. The van der Waals surface area contributed by atoms with Crippen LogP contribution in [0.2, 0.25) is 10.0 Å². The maximum absolute atomic E-state index is 12.9. The molecule has 0 heterocycles. The third kappa shape index (κ3) is 8.44. The second kappa shape index (κ2) is 15.1. The van der Waals surface area contributed by atoms with Crippen LogP contribution < -0.4 is 21.3 Å². The lowest BCUT2D eigenvalue weighted by molar-refractivity contribution is -0.385. The minimum Gasteiger partial charge on any atom is -0.322 e. The van der Waals surface area contributed by atoms with Crippen LogP contribution in [0.1, 0.15) is 41.4 Å². The molecule has 0 fully saturated rings. The minimum atomic E-state index is -0.570. The lowest BCUT2D eigenvalue weighted by atomic mass is 10.1. The van der Waals surface area contributed by atoms with Crippen molar-refractivity contribution in [3.05, 3.63) is 162 Å². The second-order valence-electron chi connectivity index (χ2n) is 10.4. The number of carbonyl (C=O) groups is 4. The van der Waals surface area contributed by atoms with Gasteiger partial charge in [0.2, 0.25) is 0 Å². The summed E-state index contributed by atoms with van der Waals surface area (Å²) in [6.45, 7) is 0. The fraction of sp³-hybridized carbons (Fsp3) is 0. The standard InChI is InChI=1S/C34H22Cl2N6O8/c35-27-17-23(37-31(43)21-5-11-25(12-6-21)41(47)48)9-15-29(27)39-33(45)19-1-2-20(4-3-19)34(46)40-30-16-10-24(18-28(30)36)38-32(44)22-7-13-26(14-8-22)42(49)50/h1-18H,(H,37,43)(H,38,44)(H,39,45)(H,40,46). The maximum Gasteiger partial charge on any atom is 0.269 e. The number of rotatable bonds is 10. The Bertz CT molecular complexity index is 2010. The summed E-state index contributed by atoms with van der Waals surface area (Å²) < 4.78 is 0. The Labute approximate surface area is 292 Å². The largest absolute Gasteiger partial charge is 0.322 e. The molecule has 0 aromatic heterocycles. The van der Waals surface area contributed by atoms with E-state index in [1.54, 1.807) is 0 Å². The number of halogens is 2. The summed E-state index contributed by atoms with van der Waals surface area (Å²) in [5.74, 6) is -2.06. The van der Waals surface area contributed by atoms with Gasteiger partial charge in [0.25, 0.3) is 35.0 Å². The Hall–Kier alpha value is -6.64. The van der Waals surface area contributed by atoms with Crippen molar-refractivity contribution < 1.29 is 29.0 Å². The van der Waals surface area contributed by atoms with Crippen LogP contribution >= 0.6 is 23.2 Å². The number of hydrogen-bond donors (Lipinski definition) is 4. The quantitative estimate of drug-likeness (QED) is 0.0828. The number of anilines is 4. The number of nitro benzene ring substituents is 2. The molecule has 0 aliphatic rings. The maximum atomic E-state index is 12.9. The molecule has 0 unspecified atom stereocenters. The average molecular weight is 713 g/mol. The van der Waals surface area contributed by atoms with Crippen molar-refractivity contribution in [1.82, 2.24) is 0 Å². The van der Waals surface area contributed by atoms with Gasteiger partial charge in [-0.15, -0.1) is 0 Å².